The molecular formula is C80H142N20O8. The van der Waals surface area contributed by atoms with Gasteiger partial charge in [-0.2, -0.15) is 29.9 Å². The average molecular weight is 1510 g/mol. The van der Waals surface area contributed by atoms with Crippen molar-refractivity contribution in [2.45, 2.75) is 461 Å². The standard InChI is InChI=1S/C80H142N20O8/c1-65(2)35-51(36-66(3,4)93(65)101)89(52-37-67(5,6)94(102)68(7,8)38-52)61-83-59(84-62(87-61)90(53-39-69(9,10)95(103)70(11,12)40-53)54-41-71(13,14)96(104)72(15,16)42-54)81-33-34-82-60-85-63(91(55-43-73(17,18)97(105)74(19,20)44-55)56-45-75(21,22)98(106)76(23,24)46-56)88-64(86-60)92(57-47-77(25,26)99(107)78(27,28)48-57)58-49-79(29,30)100(108)80(31,32)50-58/h51-58H,33-50H2,1-32H3,(H,81,83,84,87)(H,82,85,86,88). The van der Waals surface area contributed by atoms with Crippen molar-refractivity contribution in [3.8, 4) is 0 Å². The highest BCUT2D eigenvalue weighted by atomic mass is 16.5. The number of nitrogens with one attached hydrogen (secondary N) is 2. The third-order valence-electron chi connectivity index (χ3n) is 26.5. The molecule has 8 saturated heterocycles. The number of aromatic nitrogens is 6. The first-order valence-corrected chi connectivity index (χ1v) is 40.6. The minimum Gasteiger partial charge on any atom is -0.352 e. The van der Waals surface area contributed by atoms with Crippen molar-refractivity contribution in [3.05, 3.63) is 0 Å². The summed E-state index contributed by atoms with van der Waals surface area (Å²) in [5, 5.41) is 133. The largest absolute Gasteiger partial charge is 0.352 e. The summed E-state index contributed by atoms with van der Waals surface area (Å²) in [7, 11) is 0. The van der Waals surface area contributed by atoms with E-state index in [0.717, 1.165) is 0 Å². The van der Waals surface area contributed by atoms with Crippen molar-refractivity contribution in [1.29, 1.82) is 0 Å². The minimum atomic E-state index is -0.813. The Labute approximate surface area is 649 Å². The molecule has 2 N–H and O–H groups in total. The minimum absolute atomic E-state index is 0.211. The summed E-state index contributed by atoms with van der Waals surface area (Å²) in [4.78, 5) is 43.0. The number of hydrogen-bond acceptors (Lipinski definition) is 20. The van der Waals surface area contributed by atoms with Crippen LogP contribution in [0.2, 0.25) is 0 Å². The van der Waals surface area contributed by atoms with Crippen LogP contribution in [0.4, 0.5) is 35.7 Å². The van der Waals surface area contributed by atoms with E-state index in [1.54, 1.807) is 0 Å². The first-order valence-electron chi connectivity index (χ1n) is 40.6. The van der Waals surface area contributed by atoms with Crippen LogP contribution in [0.1, 0.15) is 324 Å². The molecule has 0 bridgehead atoms. The Balaban J connectivity index is 1.17. The summed E-state index contributed by atoms with van der Waals surface area (Å²) >= 11 is 0. The SMILES string of the molecule is CC1(C)CC(N(c2nc(NCCNc3nc(N(C4CC(C)(C)N([O])C(C)(C)C4)C4CC(C)(C)N([O])C(C)(C)C4)nc(N(C4CC(C)(C)N([O])C(C)(C)C4)C4CC(C)(C)N([O])C(C)(C)C4)n3)nc(N(C3CC(C)(C)N([O])C(C)(C)C3)C3CC(C)(C)N([O])C(C)(C)C3)n2)C2CC(C)(C)N([O])C(C)(C)C2)CC(C)(C)N1[O]. The van der Waals surface area contributed by atoms with Gasteiger partial charge in [0.1, 0.15) is 0 Å². The molecule has 28 nitrogen and oxygen atoms in total. The maximum absolute atomic E-state index is 14.4. The molecule has 610 valence electrons. The molecule has 0 aliphatic carbocycles. The van der Waals surface area contributed by atoms with Gasteiger partial charge in [-0.25, -0.2) is 0 Å². The molecule has 10 heterocycles. The van der Waals surface area contributed by atoms with E-state index in [2.05, 4.69) is 30.2 Å². The first kappa shape index (κ1) is 86.6. The van der Waals surface area contributed by atoms with Crippen molar-refractivity contribution in [2.24, 2.45) is 0 Å². The van der Waals surface area contributed by atoms with E-state index >= 15 is 0 Å². The summed E-state index contributed by atoms with van der Waals surface area (Å²) < 4.78 is 0. The number of piperidine rings is 8. The molecule has 0 aromatic carbocycles. The lowest BCUT2D eigenvalue weighted by atomic mass is 9.74. The zero-order valence-corrected chi connectivity index (χ0v) is 72.7. The molecule has 0 saturated carbocycles. The van der Waals surface area contributed by atoms with E-state index in [1.807, 2.05) is 222 Å². The molecule has 8 aliphatic rings. The number of hydrogen-bond donors (Lipinski definition) is 2. The van der Waals surface area contributed by atoms with Crippen molar-refractivity contribution >= 4 is 35.7 Å². The molecule has 2 aromatic heterocycles. The van der Waals surface area contributed by atoms with Crippen LogP contribution in [0.15, 0.2) is 0 Å². The first-order chi connectivity index (χ1) is 48.6. The second-order valence-corrected chi connectivity index (χ2v) is 44.9. The lowest BCUT2D eigenvalue weighted by Gasteiger charge is -2.58. The summed E-state index contributed by atoms with van der Waals surface area (Å²) in [6, 6.07) is -2.28. The number of anilines is 6. The molecule has 0 atom stereocenters. The Bertz CT molecular complexity index is 2790. The van der Waals surface area contributed by atoms with Gasteiger partial charge >= 0.3 is 0 Å². The van der Waals surface area contributed by atoms with Crippen LogP contribution in [0.5, 0.6) is 0 Å². The third kappa shape index (κ3) is 16.6. The van der Waals surface area contributed by atoms with E-state index < -0.39 is 88.6 Å². The summed E-state index contributed by atoms with van der Waals surface area (Å²) in [6.45, 7) is 64.4. The molecule has 0 unspecified atom stereocenters. The fraction of sp³-hybridized carbons (Fsp3) is 0.925. The van der Waals surface area contributed by atoms with Gasteiger partial charge in [0.15, 0.2) is 0 Å². The maximum Gasteiger partial charge on any atom is 0.232 e. The van der Waals surface area contributed by atoms with Gasteiger partial charge in [0.25, 0.3) is 0 Å². The van der Waals surface area contributed by atoms with Gasteiger partial charge in [0, 0.05) is 150 Å². The fourth-order valence-corrected chi connectivity index (χ4v) is 23.4. The summed E-state index contributed by atoms with van der Waals surface area (Å²) in [5.74, 6) is 2.12. The average Bonchev–Trinajstić information content (AvgIpc) is 0.741. The Morgan fingerprint density at radius 1 is 0.213 bits per heavy atom. The second-order valence-electron chi connectivity index (χ2n) is 44.9. The summed E-state index contributed by atoms with van der Waals surface area (Å²) in [5.41, 5.74) is -13.0. The predicted molar refractivity (Wildman–Crippen MR) is 416 cm³/mol. The van der Waals surface area contributed by atoms with Crippen LogP contribution in [-0.2, 0) is 41.7 Å². The van der Waals surface area contributed by atoms with Crippen LogP contribution in [0.3, 0.4) is 0 Å². The molecule has 0 amide bonds. The van der Waals surface area contributed by atoms with Crippen LogP contribution in [0.25, 0.3) is 0 Å². The van der Waals surface area contributed by atoms with E-state index in [-0.39, 0.29) is 73.3 Å². The fourth-order valence-electron chi connectivity index (χ4n) is 23.4. The Morgan fingerprint density at radius 3 is 0.417 bits per heavy atom. The number of hydroxylamine groups is 16. The van der Waals surface area contributed by atoms with Gasteiger partial charge in [-0.05, 0) is 324 Å². The van der Waals surface area contributed by atoms with Gasteiger partial charge in [0.2, 0.25) is 35.7 Å². The summed E-state index contributed by atoms with van der Waals surface area (Å²) in [6.07, 6.45) is 7.50. The Kier molecular flexibility index (Phi) is 22.4. The zero-order valence-electron chi connectivity index (χ0n) is 72.7. The van der Waals surface area contributed by atoms with E-state index in [9.17, 15) is 41.7 Å². The van der Waals surface area contributed by atoms with Gasteiger partial charge < -0.3 is 30.2 Å². The van der Waals surface area contributed by atoms with Gasteiger partial charge in [0.05, 0.1) is 0 Å². The van der Waals surface area contributed by atoms with Crippen LogP contribution in [0, 0.1) is 0 Å². The number of nitrogens with zero attached hydrogens (tertiary/aromatic N) is 18. The van der Waals surface area contributed by atoms with Gasteiger partial charge in [-0.1, -0.05) is 0 Å². The smallest absolute Gasteiger partial charge is 0.232 e. The normalized spacial score (nSPS) is 29.4. The van der Waals surface area contributed by atoms with Crippen LogP contribution in [-0.4, -0.2) is 220 Å². The van der Waals surface area contributed by atoms with Crippen LogP contribution >= 0.6 is 0 Å². The number of rotatable bonds is 17. The highest BCUT2D eigenvalue weighted by Gasteiger charge is 2.60. The molecule has 10 rings (SSSR count). The second kappa shape index (κ2) is 28.0. The molecule has 108 heavy (non-hydrogen) atoms. The monoisotopic (exact) mass is 1510 g/mol. The Hall–Kier alpha value is -3.82. The van der Waals surface area contributed by atoms with E-state index in [0.29, 0.717) is 127 Å². The van der Waals surface area contributed by atoms with Crippen molar-refractivity contribution in [1.82, 2.24) is 70.4 Å². The highest BCUT2D eigenvalue weighted by Crippen LogP contribution is 2.53. The zero-order chi connectivity index (χ0) is 81.4. The van der Waals surface area contributed by atoms with Crippen LogP contribution < -0.4 is 30.2 Å². The predicted octanol–water partition coefficient (Wildman–Crippen LogP) is 13.7. The Morgan fingerprint density at radius 2 is 0.315 bits per heavy atom. The van der Waals surface area contributed by atoms with Crippen molar-refractivity contribution in [3.63, 3.8) is 0 Å². The molecule has 8 fully saturated rings. The molecule has 8 radical (unpaired) electrons. The van der Waals surface area contributed by atoms with Gasteiger partial charge in [-0.15, -0.1) is 82.2 Å². The van der Waals surface area contributed by atoms with E-state index in [1.165, 1.54) is 40.5 Å². The lowest BCUT2D eigenvalue weighted by Crippen LogP contribution is -2.68. The topological polar surface area (TPSA) is 299 Å². The highest BCUT2D eigenvalue weighted by molar-refractivity contribution is 5.52. The molecule has 2 aromatic rings. The maximum atomic E-state index is 14.4. The third-order valence-corrected chi connectivity index (χ3v) is 26.5. The molecule has 28 heteroatoms. The van der Waals surface area contributed by atoms with E-state index in [4.69, 9.17) is 29.9 Å². The lowest BCUT2D eigenvalue weighted by molar-refractivity contribution is -0.294. The molecule has 8 aliphatic heterocycles. The van der Waals surface area contributed by atoms with Gasteiger partial charge in [-0.3, -0.25) is 0 Å². The molecule has 0 spiro atoms. The molecular weight excluding hydrogens is 1370 g/mol. The van der Waals surface area contributed by atoms with Crippen molar-refractivity contribution in [2.75, 3.05) is 43.3 Å². The quantitative estimate of drug-likeness (QED) is 0.139. The van der Waals surface area contributed by atoms with Crippen molar-refractivity contribution < 1.29 is 41.7 Å².